The minimum absolute atomic E-state index is 0.369. The highest BCUT2D eigenvalue weighted by Gasteiger charge is 2.13. The zero-order chi connectivity index (χ0) is 9.42. The van der Waals surface area contributed by atoms with E-state index in [1.165, 1.54) is 0 Å². The van der Waals surface area contributed by atoms with Gasteiger partial charge in [-0.3, -0.25) is 0 Å². The van der Waals surface area contributed by atoms with Crippen LogP contribution in [0.4, 0.5) is 0 Å². The van der Waals surface area contributed by atoms with Gasteiger partial charge in [-0.05, 0) is 25.1 Å². The molecule has 0 saturated carbocycles. The normalized spacial score (nSPS) is 10.7. The molecule has 2 rings (SSSR count). The van der Waals surface area contributed by atoms with Crippen molar-refractivity contribution in [1.82, 2.24) is 9.97 Å². The monoisotopic (exact) mass is 176 g/mol. The predicted octanol–water partition coefficient (Wildman–Crippen LogP) is -0.449. The molecule has 0 saturated heterocycles. The Balaban J connectivity index is 2.62. The summed E-state index contributed by atoms with van der Waals surface area (Å²) in [5.74, 6) is 0. The Morgan fingerprint density at radius 3 is 2.85 bits per heavy atom. The SMILES string of the molecule is Cc1ccc2cc(B(O)O)[nH]c2n1. The van der Waals surface area contributed by atoms with Gasteiger partial charge in [-0.15, -0.1) is 0 Å². The van der Waals surface area contributed by atoms with Gasteiger partial charge in [0.25, 0.3) is 0 Å². The summed E-state index contributed by atoms with van der Waals surface area (Å²) in [6.07, 6.45) is 0. The molecule has 5 heteroatoms. The van der Waals surface area contributed by atoms with Gasteiger partial charge in [-0.2, -0.15) is 0 Å². The highest BCUT2D eigenvalue weighted by Crippen LogP contribution is 2.08. The van der Waals surface area contributed by atoms with Crippen molar-refractivity contribution in [2.45, 2.75) is 6.92 Å². The van der Waals surface area contributed by atoms with Crippen molar-refractivity contribution in [1.29, 1.82) is 0 Å². The smallest absolute Gasteiger partial charge is 0.422 e. The van der Waals surface area contributed by atoms with E-state index >= 15 is 0 Å². The third-order valence-electron chi connectivity index (χ3n) is 1.92. The van der Waals surface area contributed by atoms with Gasteiger partial charge in [-0.25, -0.2) is 4.98 Å². The van der Waals surface area contributed by atoms with E-state index in [1.807, 2.05) is 19.1 Å². The zero-order valence-electron chi connectivity index (χ0n) is 7.15. The lowest BCUT2D eigenvalue weighted by Crippen LogP contribution is -2.30. The largest absolute Gasteiger partial charge is 0.505 e. The third-order valence-corrected chi connectivity index (χ3v) is 1.92. The highest BCUT2D eigenvalue weighted by molar-refractivity contribution is 6.58. The van der Waals surface area contributed by atoms with Crippen molar-refractivity contribution in [2.24, 2.45) is 0 Å². The van der Waals surface area contributed by atoms with E-state index in [1.54, 1.807) is 6.07 Å². The number of hydrogen-bond donors (Lipinski definition) is 3. The van der Waals surface area contributed by atoms with Crippen LogP contribution in [-0.2, 0) is 0 Å². The molecule has 0 bridgehead atoms. The first-order valence-corrected chi connectivity index (χ1v) is 3.99. The van der Waals surface area contributed by atoms with Crippen molar-refractivity contribution in [3.05, 3.63) is 23.9 Å². The van der Waals surface area contributed by atoms with E-state index in [4.69, 9.17) is 10.0 Å². The van der Waals surface area contributed by atoms with Gasteiger partial charge in [0.15, 0.2) is 0 Å². The fourth-order valence-corrected chi connectivity index (χ4v) is 1.26. The first-order valence-electron chi connectivity index (χ1n) is 3.99. The topological polar surface area (TPSA) is 69.1 Å². The molecule has 0 aliphatic heterocycles. The van der Waals surface area contributed by atoms with Crippen LogP contribution < -0.4 is 5.59 Å². The van der Waals surface area contributed by atoms with Crippen LogP contribution in [0.25, 0.3) is 11.0 Å². The number of pyridine rings is 1. The summed E-state index contributed by atoms with van der Waals surface area (Å²) in [7, 11) is -1.46. The Bertz CT molecular complexity index is 439. The van der Waals surface area contributed by atoms with Gasteiger partial charge in [0.2, 0.25) is 0 Å². The van der Waals surface area contributed by atoms with Crippen LogP contribution in [0.15, 0.2) is 18.2 Å². The third kappa shape index (κ3) is 1.43. The minimum Gasteiger partial charge on any atom is -0.422 e. The molecule has 2 aromatic rings. The molecular weight excluding hydrogens is 167 g/mol. The number of aromatic nitrogens is 2. The summed E-state index contributed by atoms with van der Waals surface area (Å²) in [6, 6.07) is 5.44. The Kier molecular flexibility index (Phi) is 1.83. The van der Waals surface area contributed by atoms with Crippen molar-refractivity contribution in [3.8, 4) is 0 Å². The summed E-state index contributed by atoms with van der Waals surface area (Å²) in [5, 5.41) is 18.7. The van der Waals surface area contributed by atoms with Gasteiger partial charge in [0.1, 0.15) is 5.65 Å². The quantitative estimate of drug-likeness (QED) is 0.515. The van der Waals surface area contributed by atoms with Crippen molar-refractivity contribution in [2.75, 3.05) is 0 Å². The number of aryl methyl sites for hydroxylation is 1. The Morgan fingerprint density at radius 2 is 2.15 bits per heavy atom. The molecule has 0 atom stereocenters. The number of fused-ring (bicyclic) bond motifs is 1. The maximum atomic E-state index is 8.89. The summed E-state index contributed by atoms with van der Waals surface area (Å²) >= 11 is 0. The molecule has 0 aliphatic carbocycles. The average Bonchev–Trinajstić information content (AvgIpc) is 2.46. The molecule has 66 valence electrons. The average molecular weight is 176 g/mol. The highest BCUT2D eigenvalue weighted by atomic mass is 16.4. The minimum atomic E-state index is -1.46. The fraction of sp³-hybridized carbons (Fsp3) is 0.125. The summed E-state index contributed by atoms with van der Waals surface area (Å²) < 4.78 is 0. The number of hydrogen-bond acceptors (Lipinski definition) is 3. The van der Waals surface area contributed by atoms with Crippen molar-refractivity contribution < 1.29 is 10.0 Å². The second-order valence-electron chi connectivity index (χ2n) is 2.99. The molecule has 4 nitrogen and oxygen atoms in total. The van der Waals surface area contributed by atoms with E-state index in [2.05, 4.69) is 9.97 Å². The molecule has 0 amide bonds. The van der Waals surface area contributed by atoms with Crippen LogP contribution in [0.5, 0.6) is 0 Å². The van der Waals surface area contributed by atoms with Crippen LogP contribution >= 0.6 is 0 Å². The van der Waals surface area contributed by atoms with Gasteiger partial charge in [0, 0.05) is 16.7 Å². The molecule has 3 N–H and O–H groups in total. The van der Waals surface area contributed by atoms with E-state index in [-0.39, 0.29) is 0 Å². The van der Waals surface area contributed by atoms with Gasteiger partial charge >= 0.3 is 7.12 Å². The number of aromatic amines is 1. The fourth-order valence-electron chi connectivity index (χ4n) is 1.26. The Morgan fingerprint density at radius 1 is 1.38 bits per heavy atom. The summed E-state index contributed by atoms with van der Waals surface area (Å²) in [6.45, 7) is 1.88. The first kappa shape index (κ1) is 8.28. The number of rotatable bonds is 1. The van der Waals surface area contributed by atoms with Crippen LogP contribution in [0.2, 0.25) is 0 Å². The molecule has 0 aromatic carbocycles. The lowest BCUT2D eigenvalue weighted by Gasteiger charge is -1.91. The van der Waals surface area contributed by atoms with Crippen LogP contribution in [0, 0.1) is 6.92 Å². The van der Waals surface area contributed by atoms with E-state index in [0.717, 1.165) is 11.1 Å². The molecule has 0 fully saturated rings. The van der Waals surface area contributed by atoms with E-state index < -0.39 is 7.12 Å². The van der Waals surface area contributed by atoms with Crippen LogP contribution in [0.3, 0.4) is 0 Å². The molecule has 0 spiro atoms. The zero-order valence-corrected chi connectivity index (χ0v) is 7.15. The maximum Gasteiger partial charge on any atom is 0.505 e. The molecule has 0 aliphatic rings. The number of nitrogens with one attached hydrogen (secondary N) is 1. The second kappa shape index (κ2) is 2.87. The molecule has 13 heavy (non-hydrogen) atoms. The second-order valence-corrected chi connectivity index (χ2v) is 2.99. The predicted molar refractivity (Wildman–Crippen MR) is 50.7 cm³/mol. The number of nitrogens with zero attached hydrogens (tertiary/aromatic N) is 1. The molecular formula is C8H9BN2O2. The molecule has 2 aromatic heterocycles. The summed E-state index contributed by atoms with van der Waals surface area (Å²) in [4.78, 5) is 7.03. The van der Waals surface area contributed by atoms with Gasteiger partial charge < -0.3 is 15.0 Å². The van der Waals surface area contributed by atoms with Gasteiger partial charge in [-0.1, -0.05) is 0 Å². The van der Waals surface area contributed by atoms with Gasteiger partial charge in [0.05, 0.1) is 0 Å². The number of H-pyrrole nitrogens is 1. The van der Waals surface area contributed by atoms with E-state index in [9.17, 15) is 0 Å². The molecule has 2 heterocycles. The van der Waals surface area contributed by atoms with E-state index in [0.29, 0.717) is 11.2 Å². The standard InChI is InChI=1S/C8H9BN2O2/c1-5-2-3-6-4-7(9(12)13)11-8(6)10-5/h2-4,12-13H,1H3,(H,10,11). The first-order chi connectivity index (χ1) is 6.16. The van der Waals surface area contributed by atoms with Crippen molar-refractivity contribution in [3.63, 3.8) is 0 Å². The molecule has 0 radical (unpaired) electrons. The lowest BCUT2D eigenvalue weighted by molar-refractivity contribution is 0.424. The Hall–Kier alpha value is -1.33. The lowest BCUT2D eigenvalue weighted by atomic mass is 9.87. The maximum absolute atomic E-state index is 8.89. The van der Waals surface area contributed by atoms with Crippen LogP contribution in [-0.4, -0.2) is 27.1 Å². The van der Waals surface area contributed by atoms with Crippen LogP contribution in [0.1, 0.15) is 5.69 Å². The molecule has 0 unspecified atom stereocenters. The van der Waals surface area contributed by atoms with Crippen molar-refractivity contribution >= 4 is 23.7 Å². The Labute approximate surface area is 75.4 Å². The summed E-state index contributed by atoms with van der Waals surface area (Å²) in [5.41, 5.74) is 1.95.